The minimum Gasteiger partial charge on any atom is -0.444 e. The highest BCUT2D eigenvalue weighted by molar-refractivity contribution is 6.29. The molecule has 1 fully saturated rings. The molecule has 2 aromatic heterocycles. The molecular formula is C18H21ClN4O2. The number of hydrogen-bond donors (Lipinski definition) is 0. The van der Waals surface area contributed by atoms with Crippen LogP contribution in [0.25, 0.3) is 11.0 Å². The Morgan fingerprint density at radius 2 is 2.12 bits per heavy atom. The number of carbonyl (C=O) groups excluding carboxylic acids is 1. The fourth-order valence-electron chi connectivity index (χ4n) is 3.05. The van der Waals surface area contributed by atoms with Gasteiger partial charge in [-0.1, -0.05) is 11.6 Å². The zero-order chi connectivity index (χ0) is 18.4. The molecule has 6 nitrogen and oxygen atoms in total. The molecule has 0 aliphatic heterocycles. The van der Waals surface area contributed by atoms with Crippen LogP contribution < -0.4 is 0 Å². The van der Waals surface area contributed by atoms with Crippen LogP contribution in [0.3, 0.4) is 0 Å². The van der Waals surface area contributed by atoms with Crippen LogP contribution in [0.15, 0.2) is 18.3 Å². The van der Waals surface area contributed by atoms with Gasteiger partial charge in [0.2, 0.25) is 0 Å². The van der Waals surface area contributed by atoms with E-state index in [1.807, 2.05) is 37.6 Å². The van der Waals surface area contributed by atoms with Crippen LogP contribution in [0.2, 0.25) is 5.15 Å². The second kappa shape index (κ2) is 6.23. The second-order valence-electron chi connectivity index (χ2n) is 7.44. The lowest BCUT2D eigenvalue weighted by Crippen LogP contribution is -2.47. The third-order valence-corrected chi connectivity index (χ3v) is 4.69. The first-order valence-electron chi connectivity index (χ1n) is 8.22. The standard InChI is InChI=1S/C18H21ClN4O2/c1-18(2,3)25-17(24)22(4)12-7-13(8-12)23-10-11(9-20)14-5-6-15(19)21-16(14)23/h5-6,10,12-13H,7-8H2,1-4H3/t12-,13-. The van der Waals surface area contributed by atoms with Crippen LogP contribution in [0.5, 0.6) is 0 Å². The summed E-state index contributed by atoms with van der Waals surface area (Å²) in [6, 6.07) is 6.01. The number of pyridine rings is 1. The second-order valence-corrected chi connectivity index (χ2v) is 7.82. The predicted molar refractivity (Wildman–Crippen MR) is 95.5 cm³/mol. The van der Waals surface area contributed by atoms with E-state index in [4.69, 9.17) is 16.3 Å². The van der Waals surface area contributed by atoms with Gasteiger partial charge >= 0.3 is 6.09 Å². The van der Waals surface area contributed by atoms with Crippen molar-refractivity contribution in [3.63, 3.8) is 0 Å². The van der Waals surface area contributed by atoms with Gasteiger partial charge in [-0.2, -0.15) is 5.26 Å². The van der Waals surface area contributed by atoms with E-state index in [2.05, 4.69) is 11.1 Å². The zero-order valence-corrected chi connectivity index (χ0v) is 15.5. The van der Waals surface area contributed by atoms with Crippen LogP contribution in [-0.4, -0.2) is 39.2 Å². The van der Waals surface area contributed by atoms with Crippen molar-refractivity contribution in [1.82, 2.24) is 14.5 Å². The Morgan fingerprint density at radius 1 is 1.44 bits per heavy atom. The maximum Gasteiger partial charge on any atom is 0.410 e. The van der Waals surface area contributed by atoms with Gasteiger partial charge in [-0.05, 0) is 45.7 Å². The summed E-state index contributed by atoms with van der Waals surface area (Å²) < 4.78 is 7.41. The highest BCUT2D eigenvalue weighted by Crippen LogP contribution is 2.38. The van der Waals surface area contributed by atoms with Gasteiger partial charge in [0.05, 0.1) is 5.56 Å². The molecule has 1 amide bonds. The molecule has 1 aliphatic rings. The summed E-state index contributed by atoms with van der Waals surface area (Å²) in [5.41, 5.74) is 0.795. The maximum absolute atomic E-state index is 12.2. The van der Waals surface area contributed by atoms with E-state index in [1.165, 1.54) is 0 Å². The van der Waals surface area contributed by atoms with E-state index in [0.29, 0.717) is 16.4 Å². The smallest absolute Gasteiger partial charge is 0.410 e. The summed E-state index contributed by atoms with van der Waals surface area (Å²) in [7, 11) is 1.76. The normalized spacial score (nSPS) is 20.0. The third-order valence-electron chi connectivity index (χ3n) is 4.48. The number of rotatable bonds is 2. The predicted octanol–water partition coefficient (Wildman–Crippen LogP) is 4.13. The summed E-state index contributed by atoms with van der Waals surface area (Å²) in [5, 5.41) is 10.5. The van der Waals surface area contributed by atoms with E-state index in [9.17, 15) is 10.1 Å². The number of fused-ring (bicyclic) bond motifs is 1. The monoisotopic (exact) mass is 360 g/mol. The minimum atomic E-state index is -0.506. The molecule has 0 spiro atoms. The number of amides is 1. The van der Waals surface area contributed by atoms with Gasteiger partial charge in [0.1, 0.15) is 22.5 Å². The molecular weight excluding hydrogens is 340 g/mol. The summed E-state index contributed by atoms with van der Waals surface area (Å²) >= 11 is 6.01. The molecule has 0 unspecified atom stereocenters. The lowest BCUT2D eigenvalue weighted by molar-refractivity contribution is 0.00809. The van der Waals surface area contributed by atoms with Crippen molar-refractivity contribution in [3.8, 4) is 6.07 Å². The van der Waals surface area contributed by atoms with Gasteiger partial charge in [0.15, 0.2) is 0 Å². The topological polar surface area (TPSA) is 71.2 Å². The lowest BCUT2D eigenvalue weighted by atomic mass is 9.85. The molecule has 2 heterocycles. The van der Waals surface area contributed by atoms with Crippen molar-refractivity contribution in [2.45, 2.75) is 51.3 Å². The molecule has 2 aromatic rings. The number of carbonyl (C=O) groups is 1. The van der Waals surface area contributed by atoms with Crippen molar-refractivity contribution in [2.75, 3.05) is 7.05 Å². The van der Waals surface area contributed by atoms with Gasteiger partial charge in [-0.3, -0.25) is 0 Å². The van der Waals surface area contributed by atoms with Crippen molar-refractivity contribution in [3.05, 3.63) is 29.0 Å². The molecule has 7 heteroatoms. The summed E-state index contributed by atoms with van der Waals surface area (Å²) in [4.78, 5) is 18.2. The molecule has 132 valence electrons. The Kier molecular flexibility index (Phi) is 4.38. The Morgan fingerprint density at radius 3 is 2.72 bits per heavy atom. The average Bonchev–Trinajstić information content (AvgIpc) is 2.81. The van der Waals surface area contributed by atoms with Gasteiger partial charge in [0, 0.05) is 30.7 Å². The Labute approximate surface area is 151 Å². The van der Waals surface area contributed by atoms with Crippen LogP contribution in [-0.2, 0) is 4.74 Å². The zero-order valence-electron chi connectivity index (χ0n) is 14.8. The van der Waals surface area contributed by atoms with E-state index < -0.39 is 5.60 Å². The maximum atomic E-state index is 12.2. The fraction of sp³-hybridized carbons (Fsp3) is 0.500. The number of nitrogens with zero attached hydrogens (tertiary/aromatic N) is 4. The van der Waals surface area contributed by atoms with Crippen LogP contribution in [0, 0.1) is 11.3 Å². The molecule has 0 N–H and O–H groups in total. The molecule has 0 aromatic carbocycles. The Balaban J connectivity index is 1.75. The highest BCUT2D eigenvalue weighted by atomic mass is 35.5. The van der Waals surface area contributed by atoms with Gasteiger partial charge in [-0.25, -0.2) is 9.78 Å². The molecule has 0 bridgehead atoms. The average molecular weight is 361 g/mol. The third kappa shape index (κ3) is 3.42. The first-order valence-corrected chi connectivity index (χ1v) is 8.60. The first-order chi connectivity index (χ1) is 11.7. The minimum absolute atomic E-state index is 0.113. The van der Waals surface area contributed by atoms with Gasteiger partial charge < -0.3 is 14.2 Å². The molecule has 0 radical (unpaired) electrons. The quantitative estimate of drug-likeness (QED) is 0.755. The van der Waals surface area contributed by atoms with E-state index >= 15 is 0 Å². The van der Waals surface area contributed by atoms with Gasteiger partial charge in [0.25, 0.3) is 0 Å². The van der Waals surface area contributed by atoms with Crippen LogP contribution in [0.4, 0.5) is 4.79 Å². The van der Waals surface area contributed by atoms with Crippen molar-refractivity contribution in [1.29, 1.82) is 5.26 Å². The highest BCUT2D eigenvalue weighted by Gasteiger charge is 2.37. The Bertz CT molecular complexity index is 856. The van der Waals surface area contributed by atoms with E-state index in [-0.39, 0.29) is 18.2 Å². The Hall–Kier alpha value is -2.26. The summed E-state index contributed by atoms with van der Waals surface area (Å²) in [6.45, 7) is 5.56. The van der Waals surface area contributed by atoms with Crippen LogP contribution in [0.1, 0.15) is 45.2 Å². The van der Waals surface area contributed by atoms with Gasteiger partial charge in [-0.15, -0.1) is 0 Å². The molecule has 0 atom stereocenters. The summed E-state index contributed by atoms with van der Waals surface area (Å²) in [6.07, 6.45) is 3.09. The number of hydrogen-bond acceptors (Lipinski definition) is 4. The fourth-order valence-corrected chi connectivity index (χ4v) is 3.20. The molecule has 1 saturated carbocycles. The van der Waals surface area contributed by atoms with Crippen molar-refractivity contribution in [2.24, 2.45) is 0 Å². The molecule has 3 rings (SSSR count). The van der Waals surface area contributed by atoms with E-state index in [0.717, 1.165) is 18.2 Å². The molecule has 1 aliphatic carbocycles. The van der Waals surface area contributed by atoms with E-state index in [1.54, 1.807) is 18.0 Å². The number of ether oxygens (including phenoxy) is 1. The largest absolute Gasteiger partial charge is 0.444 e. The number of nitriles is 1. The SMILES string of the molecule is CN(C(=O)OC(C)(C)C)[C@H]1C[C@H](n2cc(C#N)c3ccc(Cl)nc32)C1. The first kappa shape index (κ1) is 17.6. The molecule has 0 saturated heterocycles. The molecule has 25 heavy (non-hydrogen) atoms. The number of halogens is 1. The van der Waals surface area contributed by atoms with Crippen LogP contribution >= 0.6 is 11.6 Å². The van der Waals surface area contributed by atoms with Crippen molar-refractivity contribution < 1.29 is 9.53 Å². The lowest BCUT2D eigenvalue weighted by Gasteiger charge is -2.42. The summed E-state index contributed by atoms with van der Waals surface area (Å²) in [5.74, 6) is 0. The van der Waals surface area contributed by atoms with Crippen molar-refractivity contribution >= 4 is 28.7 Å². The number of aromatic nitrogens is 2.